The van der Waals surface area contributed by atoms with Gasteiger partial charge in [-0.25, -0.2) is 4.57 Å². The molecule has 0 radical (unpaired) electrons. The van der Waals surface area contributed by atoms with Crippen LogP contribution < -0.4 is 0 Å². The van der Waals surface area contributed by atoms with Gasteiger partial charge in [0.1, 0.15) is 43.2 Å². The third-order valence-corrected chi connectivity index (χ3v) is 11.0. The fraction of sp³-hybridized carbons (Fsp3) is 0.633. The standard InChI is InChI=1S/C49H79O14P/c1-3-5-7-9-11-13-14-15-16-17-18-19-20-22-24-28-33-37-43(52)62-41(39-61-64(58,59)63-49-47(56)45(54)44(53)46(55)48(49)57)38-60-42(51)36-32-29-25-27-31-35-40(50)34-30-26-23-21-12-10-8-6-4-2/h5,7,11-13,15-16,18-19,21,25-27,30-31,35,40-41,44-50,53-57H,3-4,6,8-10,14,17,20,22-24,28-29,32-34,36-39H2,1-2H3,(H,58,59)/b7-5-,13-11-,16-15-,19-18-,21-12-,27-25+,30-26-,35-31-/t40?,41-,44?,45-,46+,47-,48-,49?/m1/s1. The highest BCUT2D eigenvalue weighted by Gasteiger charge is 2.51. The number of aliphatic hydroxyl groups is 6. The molecule has 1 fully saturated rings. The summed E-state index contributed by atoms with van der Waals surface area (Å²) in [4.78, 5) is 35.7. The average molecular weight is 923 g/mol. The molecule has 64 heavy (non-hydrogen) atoms. The number of phosphoric acid groups is 1. The van der Waals surface area contributed by atoms with Crippen LogP contribution in [0, 0.1) is 0 Å². The molecule has 0 aromatic rings. The SMILES string of the molecule is CC/C=C\C/C=C\C/C=C\C/C=C\CCCCCCC(=O)O[C@H](COC(=O)CCC/C=C/C=C\C(O)C/C=C\C/C=C\CCCCC)COP(=O)(O)OC1[C@H](O)[C@H](O)C(O)[C@H](O)[C@H]1O. The van der Waals surface area contributed by atoms with Gasteiger partial charge >= 0.3 is 19.8 Å². The lowest BCUT2D eigenvalue weighted by atomic mass is 9.85. The van der Waals surface area contributed by atoms with E-state index in [1.807, 2.05) is 18.2 Å². The molecule has 15 heteroatoms. The molecule has 0 saturated heterocycles. The fourth-order valence-corrected chi connectivity index (χ4v) is 7.20. The first-order valence-electron chi connectivity index (χ1n) is 23.1. The first-order valence-corrected chi connectivity index (χ1v) is 24.6. The van der Waals surface area contributed by atoms with E-state index in [1.54, 1.807) is 18.2 Å². The summed E-state index contributed by atoms with van der Waals surface area (Å²) in [6.45, 7) is 2.99. The number of carbonyl (C=O) groups excluding carboxylic acids is 2. The van der Waals surface area contributed by atoms with Gasteiger partial charge in [-0.2, -0.15) is 0 Å². The minimum absolute atomic E-state index is 0.0204. The molecule has 0 spiro atoms. The smallest absolute Gasteiger partial charge is 0.462 e. The number of esters is 2. The first-order chi connectivity index (χ1) is 30.8. The molecule has 1 aliphatic carbocycles. The fourth-order valence-electron chi connectivity index (χ4n) is 6.23. The quantitative estimate of drug-likeness (QED) is 0.0104. The maximum Gasteiger partial charge on any atom is 0.472 e. The molecule has 0 aliphatic heterocycles. The molecule has 0 heterocycles. The van der Waals surface area contributed by atoms with Gasteiger partial charge in [0.15, 0.2) is 6.10 Å². The molecule has 1 aliphatic rings. The molecule has 1 rings (SSSR count). The Labute approximate surface area is 382 Å². The summed E-state index contributed by atoms with van der Waals surface area (Å²) in [6.07, 6.45) is 33.4. The Balaban J connectivity index is 2.57. The van der Waals surface area contributed by atoms with Gasteiger partial charge in [-0.3, -0.25) is 18.6 Å². The predicted octanol–water partition coefficient (Wildman–Crippen LogP) is 8.02. The lowest BCUT2D eigenvalue weighted by molar-refractivity contribution is -0.220. The molecule has 0 amide bonds. The molecule has 0 aromatic carbocycles. The minimum atomic E-state index is -5.17. The second-order valence-corrected chi connectivity index (χ2v) is 17.1. The lowest BCUT2D eigenvalue weighted by Gasteiger charge is -2.41. The maximum atomic E-state index is 12.8. The monoisotopic (exact) mass is 923 g/mol. The van der Waals surface area contributed by atoms with Crippen LogP contribution in [0.2, 0.25) is 0 Å². The number of hydrogen-bond acceptors (Lipinski definition) is 13. The van der Waals surface area contributed by atoms with Crippen LogP contribution in [0.3, 0.4) is 0 Å². The zero-order valence-electron chi connectivity index (χ0n) is 38.1. The number of ether oxygens (including phenoxy) is 2. The van der Waals surface area contributed by atoms with Gasteiger partial charge in [0, 0.05) is 12.8 Å². The molecule has 0 aromatic heterocycles. The second-order valence-electron chi connectivity index (χ2n) is 15.7. The molecule has 14 nitrogen and oxygen atoms in total. The molecule has 4 unspecified atom stereocenters. The summed E-state index contributed by atoms with van der Waals surface area (Å²) < 4.78 is 33.4. The van der Waals surface area contributed by atoms with Crippen LogP contribution in [-0.2, 0) is 32.7 Å². The number of phosphoric ester groups is 1. The van der Waals surface area contributed by atoms with E-state index in [0.717, 1.165) is 64.2 Å². The van der Waals surface area contributed by atoms with Crippen molar-refractivity contribution in [2.45, 2.75) is 185 Å². The predicted molar refractivity (Wildman–Crippen MR) is 250 cm³/mol. The highest BCUT2D eigenvalue weighted by molar-refractivity contribution is 7.47. The van der Waals surface area contributed by atoms with Crippen molar-refractivity contribution in [1.82, 2.24) is 0 Å². The van der Waals surface area contributed by atoms with Gasteiger partial charge in [-0.05, 0) is 83.5 Å². The van der Waals surface area contributed by atoms with Gasteiger partial charge in [0.05, 0.1) is 12.7 Å². The number of carbonyl (C=O) groups is 2. The molecule has 7 N–H and O–H groups in total. The summed E-state index contributed by atoms with van der Waals surface area (Å²) in [6, 6.07) is 0. The number of hydrogen-bond donors (Lipinski definition) is 7. The molecule has 364 valence electrons. The summed E-state index contributed by atoms with van der Waals surface area (Å²) >= 11 is 0. The van der Waals surface area contributed by atoms with E-state index in [9.17, 15) is 49.7 Å². The van der Waals surface area contributed by atoms with Crippen LogP contribution in [0.15, 0.2) is 97.2 Å². The number of unbranched alkanes of at least 4 members (excludes halogenated alkanes) is 8. The van der Waals surface area contributed by atoms with Crippen molar-refractivity contribution < 1.29 is 68.2 Å². The van der Waals surface area contributed by atoms with E-state index < -0.39 is 81.8 Å². The van der Waals surface area contributed by atoms with Crippen molar-refractivity contribution in [2.24, 2.45) is 0 Å². The van der Waals surface area contributed by atoms with Crippen LogP contribution in [0.4, 0.5) is 0 Å². The summed E-state index contributed by atoms with van der Waals surface area (Å²) in [5.74, 6) is -1.27. The number of allylic oxidation sites excluding steroid dienone is 14. The largest absolute Gasteiger partial charge is 0.472 e. The van der Waals surface area contributed by atoms with E-state index in [4.69, 9.17) is 18.5 Å². The Morgan fingerprint density at radius 1 is 0.578 bits per heavy atom. The van der Waals surface area contributed by atoms with Crippen molar-refractivity contribution in [3.63, 3.8) is 0 Å². The van der Waals surface area contributed by atoms with Crippen molar-refractivity contribution in [1.29, 1.82) is 0 Å². The van der Waals surface area contributed by atoms with Crippen LogP contribution in [-0.4, -0.2) is 110 Å². The Bertz CT molecular complexity index is 1500. The van der Waals surface area contributed by atoms with Crippen molar-refractivity contribution >= 4 is 19.8 Å². The topological polar surface area (TPSA) is 230 Å². The normalized spacial score (nSPS) is 23.0. The molecule has 0 bridgehead atoms. The lowest BCUT2D eigenvalue weighted by Crippen LogP contribution is -2.64. The van der Waals surface area contributed by atoms with Crippen molar-refractivity contribution in [2.75, 3.05) is 13.2 Å². The number of rotatable bonds is 36. The van der Waals surface area contributed by atoms with E-state index in [-0.39, 0.29) is 12.8 Å². The van der Waals surface area contributed by atoms with Gasteiger partial charge in [0.2, 0.25) is 0 Å². The van der Waals surface area contributed by atoms with Crippen LogP contribution >= 0.6 is 7.82 Å². The highest BCUT2D eigenvalue weighted by Crippen LogP contribution is 2.47. The first kappa shape index (κ1) is 58.7. The van der Waals surface area contributed by atoms with E-state index in [1.165, 1.54) is 19.3 Å². The third kappa shape index (κ3) is 30.0. The highest BCUT2D eigenvalue weighted by atomic mass is 31.2. The summed E-state index contributed by atoms with van der Waals surface area (Å²) in [5.41, 5.74) is 0. The molecule has 1 saturated carbocycles. The molecular weight excluding hydrogens is 843 g/mol. The number of aliphatic hydroxyl groups excluding tert-OH is 6. The van der Waals surface area contributed by atoms with E-state index in [0.29, 0.717) is 25.7 Å². The maximum absolute atomic E-state index is 12.8. The second kappa shape index (κ2) is 37.9. The summed E-state index contributed by atoms with van der Waals surface area (Å²) in [5, 5.41) is 60.3. The Kier molecular flexibility index (Phi) is 34.8. The van der Waals surface area contributed by atoms with Crippen molar-refractivity contribution in [3.05, 3.63) is 97.2 Å². The van der Waals surface area contributed by atoms with Crippen LogP contribution in [0.5, 0.6) is 0 Å². The van der Waals surface area contributed by atoms with Crippen molar-refractivity contribution in [3.8, 4) is 0 Å². The van der Waals surface area contributed by atoms with Gasteiger partial charge in [-0.1, -0.05) is 137 Å². The average Bonchev–Trinajstić information content (AvgIpc) is 3.27. The molecular formula is C49H79O14P. The van der Waals surface area contributed by atoms with Crippen LogP contribution in [0.1, 0.15) is 136 Å². The van der Waals surface area contributed by atoms with Crippen LogP contribution in [0.25, 0.3) is 0 Å². The summed E-state index contributed by atoms with van der Waals surface area (Å²) in [7, 11) is -5.17. The zero-order valence-corrected chi connectivity index (χ0v) is 39.0. The Hall–Kier alpha value is -3.27. The zero-order chi connectivity index (χ0) is 47.3. The Morgan fingerprint density at radius 3 is 1.70 bits per heavy atom. The Morgan fingerprint density at radius 2 is 1.09 bits per heavy atom. The van der Waals surface area contributed by atoms with E-state index in [2.05, 4.69) is 74.6 Å². The van der Waals surface area contributed by atoms with Gasteiger partial charge in [0.25, 0.3) is 0 Å². The minimum Gasteiger partial charge on any atom is -0.462 e. The van der Waals surface area contributed by atoms with E-state index >= 15 is 0 Å². The van der Waals surface area contributed by atoms with Gasteiger partial charge < -0.3 is 45.0 Å². The molecule has 9 atom stereocenters. The van der Waals surface area contributed by atoms with Gasteiger partial charge in [-0.15, -0.1) is 0 Å². The third-order valence-electron chi connectivity index (χ3n) is 9.99.